The van der Waals surface area contributed by atoms with Gasteiger partial charge >= 0.3 is 0 Å². The van der Waals surface area contributed by atoms with Crippen LogP contribution in [0.25, 0.3) is 0 Å². The van der Waals surface area contributed by atoms with Gasteiger partial charge in [-0.1, -0.05) is 30.3 Å². The Labute approximate surface area is 161 Å². The van der Waals surface area contributed by atoms with E-state index in [1.807, 2.05) is 24.3 Å². The second-order valence-corrected chi connectivity index (χ2v) is 6.39. The van der Waals surface area contributed by atoms with Crippen molar-refractivity contribution in [3.05, 3.63) is 72.4 Å². The maximum atomic E-state index is 4.58. The lowest BCUT2D eigenvalue weighted by atomic mass is 10.1. The van der Waals surface area contributed by atoms with Crippen LogP contribution < -0.4 is 15.5 Å². The SMILES string of the molecule is CCN(CC)c1ccc(Nc2ccnc(NC(C)c3ccccc3)n2)cc1. The minimum atomic E-state index is 0.134. The first-order valence-corrected chi connectivity index (χ1v) is 9.46. The van der Waals surface area contributed by atoms with E-state index in [0.29, 0.717) is 5.95 Å². The van der Waals surface area contributed by atoms with E-state index in [0.717, 1.165) is 24.6 Å². The highest BCUT2D eigenvalue weighted by molar-refractivity contribution is 5.61. The quantitative estimate of drug-likeness (QED) is 0.575. The molecular weight excluding hydrogens is 334 g/mol. The molecule has 3 rings (SSSR count). The van der Waals surface area contributed by atoms with Crippen LogP contribution >= 0.6 is 0 Å². The standard InChI is InChI=1S/C22H27N5/c1-4-27(5-2)20-13-11-19(12-14-20)25-21-15-16-23-22(26-21)24-17(3)18-9-7-6-8-10-18/h6-17H,4-5H2,1-3H3,(H2,23,24,25,26). The van der Waals surface area contributed by atoms with E-state index in [9.17, 15) is 0 Å². The molecule has 1 unspecified atom stereocenters. The summed E-state index contributed by atoms with van der Waals surface area (Å²) < 4.78 is 0. The van der Waals surface area contributed by atoms with Gasteiger partial charge in [0.05, 0.1) is 6.04 Å². The van der Waals surface area contributed by atoms with Crippen molar-refractivity contribution in [1.29, 1.82) is 0 Å². The summed E-state index contributed by atoms with van der Waals surface area (Å²) in [6.45, 7) is 8.45. The summed E-state index contributed by atoms with van der Waals surface area (Å²) in [6, 6.07) is 20.7. The van der Waals surface area contributed by atoms with Crippen molar-refractivity contribution in [2.75, 3.05) is 28.6 Å². The molecule has 0 aliphatic rings. The maximum absolute atomic E-state index is 4.58. The van der Waals surface area contributed by atoms with Crippen LogP contribution in [0.4, 0.5) is 23.1 Å². The molecule has 0 aliphatic heterocycles. The summed E-state index contributed by atoms with van der Waals surface area (Å²) in [7, 11) is 0. The zero-order valence-corrected chi connectivity index (χ0v) is 16.2. The van der Waals surface area contributed by atoms with Crippen molar-refractivity contribution in [3.8, 4) is 0 Å². The molecule has 0 bridgehead atoms. The normalized spacial score (nSPS) is 11.7. The Hall–Kier alpha value is -3.08. The predicted molar refractivity (Wildman–Crippen MR) is 114 cm³/mol. The molecule has 0 radical (unpaired) electrons. The Bertz CT molecular complexity index is 829. The van der Waals surface area contributed by atoms with Crippen LogP contribution in [-0.4, -0.2) is 23.1 Å². The lowest BCUT2D eigenvalue weighted by molar-refractivity contribution is 0.861. The van der Waals surface area contributed by atoms with Gasteiger partial charge in [0, 0.05) is 30.7 Å². The molecule has 5 heteroatoms. The predicted octanol–water partition coefficient (Wildman–Crippen LogP) is 5.24. The highest BCUT2D eigenvalue weighted by atomic mass is 15.1. The Balaban J connectivity index is 1.67. The number of hydrogen-bond donors (Lipinski definition) is 2. The third-order valence-corrected chi connectivity index (χ3v) is 4.57. The van der Waals surface area contributed by atoms with Crippen LogP contribution in [0.5, 0.6) is 0 Å². The molecule has 0 fully saturated rings. The summed E-state index contributed by atoms with van der Waals surface area (Å²) in [6.07, 6.45) is 1.76. The Morgan fingerprint density at radius 2 is 1.63 bits per heavy atom. The molecule has 0 spiro atoms. The van der Waals surface area contributed by atoms with Crippen molar-refractivity contribution < 1.29 is 0 Å². The van der Waals surface area contributed by atoms with Crippen molar-refractivity contribution in [3.63, 3.8) is 0 Å². The number of benzene rings is 2. The molecule has 0 saturated carbocycles. The molecule has 3 aromatic rings. The number of rotatable bonds is 8. The van der Waals surface area contributed by atoms with Crippen LogP contribution in [0.2, 0.25) is 0 Å². The molecule has 5 nitrogen and oxygen atoms in total. The van der Waals surface area contributed by atoms with Gasteiger partial charge in [0.15, 0.2) is 0 Å². The number of hydrogen-bond acceptors (Lipinski definition) is 5. The first-order valence-electron chi connectivity index (χ1n) is 9.46. The second-order valence-electron chi connectivity index (χ2n) is 6.39. The Kier molecular flexibility index (Phi) is 6.26. The smallest absolute Gasteiger partial charge is 0.225 e. The van der Waals surface area contributed by atoms with E-state index < -0.39 is 0 Å². The fourth-order valence-corrected chi connectivity index (χ4v) is 3.01. The summed E-state index contributed by atoms with van der Waals surface area (Å²) in [4.78, 5) is 11.2. The molecule has 0 amide bonds. The van der Waals surface area contributed by atoms with Gasteiger partial charge in [-0.05, 0) is 56.7 Å². The molecule has 1 heterocycles. The van der Waals surface area contributed by atoms with Gasteiger partial charge in [0.2, 0.25) is 5.95 Å². The molecule has 27 heavy (non-hydrogen) atoms. The van der Waals surface area contributed by atoms with Gasteiger partial charge in [0.1, 0.15) is 5.82 Å². The van der Waals surface area contributed by atoms with Crippen molar-refractivity contribution in [1.82, 2.24) is 9.97 Å². The number of nitrogens with one attached hydrogen (secondary N) is 2. The van der Waals surface area contributed by atoms with E-state index in [4.69, 9.17) is 0 Å². The molecular formula is C22H27N5. The van der Waals surface area contributed by atoms with Crippen LogP contribution in [0, 0.1) is 0 Å². The van der Waals surface area contributed by atoms with E-state index in [1.54, 1.807) is 6.20 Å². The summed E-state index contributed by atoms with van der Waals surface area (Å²) in [5, 5.41) is 6.70. The lowest BCUT2D eigenvalue weighted by Gasteiger charge is -2.21. The molecule has 2 N–H and O–H groups in total. The first-order chi connectivity index (χ1) is 13.2. The van der Waals surface area contributed by atoms with Gasteiger partial charge in [0.25, 0.3) is 0 Å². The third kappa shape index (κ3) is 4.97. The minimum Gasteiger partial charge on any atom is -0.372 e. The van der Waals surface area contributed by atoms with Crippen LogP contribution in [0.1, 0.15) is 32.4 Å². The summed E-state index contributed by atoms with van der Waals surface area (Å²) in [5.41, 5.74) is 3.44. The second kappa shape index (κ2) is 9.03. The minimum absolute atomic E-state index is 0.134. The van der Waals surface area contributed by atoms with Gasteiger partial charge in [-0.3, -0.25) is 0 Å². The largest absolute Gasteiger partial charge is 0.372 e. The topological polar surface area (TPSA) is 53.1 Å². The summed E-state index contributed by atoms with van der Waals surface area (Å²) in [5.74, 6) is 1.37. The van der Waals surface area contributed by atoms with Crippen molar-refractivity contribution in [2.45, 2.75) is 26.8 Å². The zero-order chi connectivity index (χ0) is 19.1. The highest BCUT2D eigenvalue weighted by Gasteiger charge is 2.07. The van der Waals surface area contributed by atoms with Crippen molar-refractivity contribution >= 4 is 23.1 Å². The fourth-order valence-electron chi connectivity index (χ4n) is 3.01. The van der Waals surface area contributed by atoms with Crippen LogP contribution in [0.15, 0.2) is 66.9 Å². The van der Waals surface area contributed by atoms with Crippen LogP contribution in [0.3, 0.4) is 0 Å². The fraction of sp³-hybridized carbons (Fsp3) is 0.273. The van der Waals surface area contributed by atoms with Gasteiger partial charge < -0.3 is 15.5 Å². The molecule has 140 valence electrons. The van der Waals surface area contributed by atoms with Gasteiger partial charge in [-0.15, -0.1) is 0 Å². The van der Waals surface area contributed by atoms with E-state index in [1.165, 1.54) is 11.3 Å². The zero-order valence-electron chi connectivity index (χ0n) is 16.2. The molecule has 0 saturated heterocycles. The molecule has 0 aliphatic carbocycles. The highest BCUT2D eigenvalue weighted by Crippen LogP contribution is 2.21. The van der Waals surface area contributed by atoms with Crippen molar-refractivity contribution in [2.24, 2.45) is 0 Å². The average Bonchev–Trinajstić information content (AvgIpc) is 2.71. The van der Waals surface area contributed by atoms with E-state index >= 15 is 0 Å². The molecule has 1 atom stereocenters. The van der Waals surface area contributed by atoms with Crippen LogP contribution in [-0.2, 0) is 0 Å². The Morgan fingerprint density at radius 3 is 2.30 bits per heavy atom. The third-order valence-electron chi connectivity index (χ3n) is 4.57. The lowest BCUT2D eigenvalue weighted by Crippen LogP contribution is -2.21. The van der Waals surface area contributed by atoms with Gasteiger partial charge in [-0.2, -0.15) is 4.98 Å². The maximum Gasteiger partial charge on any atom is 0.225 e. The average molecular weight is 361 g/mol. The summed E-state index contributed by atoms with van der Waals surface area (Å²) >= 11 is 0. The monoisotopic (exact) mass is 361 g/mol. The van der Waals surface area contributed by atoms with E-state index in [-0.39, 0.29) is 6.04 Å². The van der Waals surface area contributed by atoms with E-state index in [2.05, 4.69) is 82.7 Å². The molecule has 1 aromatic heterocycles. The Morgan fingerprint density at radius 1 is 0.926 bits per heavy atom. The first kappa shape index (κ1) is 18.7. The molecule has 2 aromatic carbocycles. The van der Waals surface area contributed by atoms with Gasteiger partial charge in [-0.25, -0.2) is 4.98 Å². The number of nitrogens with zero attached hydrogens (tertiary/aromatic N) is 3. The number of aromatic nitrogens is 2. The number of anilines is 4.